The van der Waals surface area contributed by atoms with Crippen LogP contribution in [0, 0.1) is 5.92 Å². The molecule has 0 radical (unpaired) electrons. The Hall–Kier alpha value is -4.10. The van der Waals surface area contributed by atoms with Gasteiger partial charge in [0.15, 0.2) is 0 Å². The normalized spacial score (nSPS) is 12.4. The average Bonchev–Trinajstić information content (AvgIpc) is 3.44. The molecule has 0 fully saturated rings. The highest BCUT2D eigenvalue weighted by atomic mass is 15.0. The van der Waals surface area contributed by atoms with Crippen molar-refractivity contribution < 1.29 is 0 Å². The molecule has 174 valence electrons. The van der Waals surface area contributed by atoms with E-state index in [-0.39, 0.29) is 0 Å². The van der Waals surface area contributed by atoms with Crippen molar-refractivity contribution in [2.45, 2.75) is 26.7 Å². The first-order chi connectivity index (χ1) is 17.7. The van der Waals surface area contributed by atoms with Crippen LogP contribution < -0.4 is 0 Å². The van der Waals surface area contributed by atoms with Crippen LogP contribution in [0.25, 0.3) is 49.7 Å². The fraction of sp³-hybridized carbons (Fsp3) is 0.143. The molecule has 0 N–H and O–H groups in total. The molecule has 1 aromatic heterocycles. The van der Waals surface area contributed by atoms with Gasteiger partial charge in [0, 0.05) is 16.5 Å². The molecule has 0 unspecified atom stereocenters. The topological polar surface area (TPSA) is 4.93 Å². The van der Waals surface area contributed by atoms with Crippen LogP contribution in [0.5, 0.6) is 0 Å². The molecular formula is C35H29N. The van der Waals surface area contributed by atoms with Gasteiger partial charge in [0.1, 0.15) is 0 Å². The van der Waals surface area contributed by atoms with Crippen molar-refractivity contribution in [2.75, 3.05) is 0 Å². The van der Waals surface area contributed by atoms with Crippen molar-refractivity contribution in [3.63, 3.8) is 0 Å². The number of para-hydroxylation sites is 2. The smallest absolute Gasteiger partial charge is 0.0541 e. The summed E-state index contributed by atoms with van der Waals surface area (Å²) in [6.07, 6.45) is 2.10. The zero-order valence-electron chi connectivity index (χ0n) is 20.8. The van der Waals surface area contributed by atoms with Crippen LogP contribution in [0.1, 0.15) is 30.5 Å². The molecule has 36 heavy (non-hydrogen) atoms. The quantitative estimate of drug-likeness (QED) is 0.245. The van der Waals surface area contributed by atoms with Gasteiger partial charge in [-0.25, -0.2) is 0 Å². The second-order valence-electron chi connectivity index (χ2n) is 10.5. The van der Waals surface area contributed by atoms with E-state index in [1.165, 1.54) is 66.4 Å². The number of hydrogen-bond donors (Lipinski definition) is 0. The highest BCUT2D eigenvalue weighted by Gasteiger charge is 2.19. The fourth-order valence-corrected chi connectivity index (χ4v) is 6.06. The minimum Gasteiger partial charge on any atom is -0.309 e. The largest absolute Gasteiger partial charge is 0.309 e. The third-order valence-electron chi connectivity index (χ3n) is 7.66. The van der Waals surface area contributed by atoms with E-state index in [4.69, 9.17) is 0 Å². The Morgan fingerprint density at radius 3 is 2.22 bits per heavy atom. The average molecular weight is 464 g/mol. The molecule has 1 nitrogen and oxygen atoms in total. The summed E-state index contributed by atoms with van der Waals surface area (Å²) >= 11 is 0. The van der Waals surface area contributed by atoms with E-state index in [0.29, 0.717) is 5.92 Å². The second-order valence-corrected chi connectivity index (χ2v) is 10.5. The molecule has 0 saturated carbocycles. The fourth-order valence-electron chi connectivity index (χ4n) is 6.06. The molecule has 0 aliphatic heterocycles. The second kappa shape index (κ2) is 8.24. The highest BCUT2D eigenvalue weighted by molar-refractivity contribution is 6.10. The van der Waals surface area contributed by atoms with Crippen LogP contribution >= 0.6 is 0 Å². The summed E-state index contributed by atoms with van der Waals surface area (Å²) in [5.41, 5.74) is 13.4. The Bertz CT molecular complexity index is 1770. The molecule has 0 spiro atoms. The summed E-state index contributed by atoms with van der Waals surface area (Å²) in [6.45, 7) is 4.59. The Balaban J connectivity index is 1.42. The van der Waals surface area contributed by atoms with Crippen LogP contribution in [0.3, 0.4) is 0 Å². The lowest BCUT2D eigenvalue weighted by molar-refractivity contribution is 0.645. The summed E-state index contributed by atoms with van der Waals surface area (Å²) < 4.78 is 2.46. The van der Waals surface area contributed by atoms with E-state index in [0.717, 1.165) is 12.8 Å². The SMILES string of the molecule is CC(C)Cc1ccccc1-n1c2ccccc2c2cc(-c3ccc4c(c3)-c3ccccc3C4)ccc21. The van der Waals surface area contributed by atoms with Gasteiger partial charge in [0.2, 0.25) is 0 Å². The molecule has 0 amide bonds. The number of fused-ring (bicyclic) bond motifs is 6. The summed E-state index contributed by atoms with van der Waals surface area (Å²) in [5.74, 6) is 0.607. The zero-order valence-corrected chi connectivity index (χ0v) is 20.8. The molecule has 0 saturated heterocycles. The monoisotopic (exact) mass is 463 g/mol. The minimum atomic E-state index is 0.607. The lowest BCUT2D eigenvalue weighted by Gasteiger charge is -2.15. The molecular weight excluding hydrogens is 434 g/mol. The predicted octanol–water partition coefficient (Wildman–Crippen LogP) is 9.22. The lowest BCUT2D eigenvalue weighted by atomic mass is 9.97. The van der Waals surface area contributed by atoms with Gasteiger partial charge in [-0.2, -0.15) is 0 Å². The van der Waals surface area contributed by atoms with Crippen molar-refractivity contribution in [1.29, 1.82) is 0 Å². The molecule has 1 aliphatic carbocycles. The van der Waals surface area contributed by atoms with Crippen LogP contribution in [0.4, 0.5) is 0 Å². The van der Waals surface area contributed by atoms with E-state index >= 15 is 0 Å². The highest BCUT2D eigenvalue weighted by Crippen LogP contribution is 2.40. The first-order valence-corrected chi connectivity index (χ1v) is 13.0. The van der Waals surface area contributed by atoms with Crippen LogP contribution in [0.15, 0.2) is 109 Å². The third-order valence-corrected chi connectivity index (χ3v) is 7.66. The number of rotatable bonds is 4. The van der Waals surface area contributed by atoms with Gasteiger partial charge < -0.3 is 4.57 Å². The summed E-state index contributed by atoms with van der Waals surface area (Å²) in [4.78, 5) is 0. The van der Waals surface area contributed by atoms with E-state index in [9.17, 15) is 0 Å². The van der Waals surface area contributed by atoms with Gasteiger partial charge in [-0.05, 0) is 88.0 Å². The van der Waals surface area contributed by atoms with Crippen LogP contribution in [-0.4, -0.2) is 4.57 Å². The number of aromatic nitrogens is 1. The zero-order chi connectivity index (χ0) is 24.2. The van der Waals surface area contributed by atoms with E-state index < -0.39 is 0 Å². The number of hydrogen-bond acceptors (Lipinski definition) is 0. The third kappa shape index (κ3) is 3.31. The maximum atomic E-state index is 2.46. The van der Waals surface area contributed by atoms with Crippen molar-refractivity contribution in [2.24, 2.45) is 5.92 Å². The molecule has 5 aromatic carbocycles. The van der Waals surface area contributed by atoms with Crippen LogP contribution in [-0.2, 0) is 12.8 Å². The Labute approximate surface area is 212 Å². The van der Waals surface area contributed by atoms with Crippen molar-refractivity contribution in [3.8, 4) is 27.9 Å². The van der Waals surface area contributed by atoms with Gasteiger partial charge in [-0.15, -0.1) is 0 Å². The molecule has 0 atom stereocenters. The molecule has 1 heterocycles. The van der Waals surface area contributed by atoms with Gasteiger partial charge >= 0.3 is 0 Å². The summed E-state index contributed by atoms with van der Waals surface area (Å²) in [6, 6.07) is 40.5. The molecule has 6 aromatic rings. The van der Waals surface area contributed by atoms with Gasteiger partial charge in [-0.1, -0.05) is 92.7 Å². The van der Waals surface area contributed by atoms with Crippen molar-refractivity contribution in [1.82, 2.24) is 4.57 Å². The standard InChI is InChI=1S/C35H29N/c1-23(2)19-28-10-4-7-13-33(28)36-34-14-8-6-12-30(34)32-22-25(17-18-35(32)36)24-15-16-27-20-26-9-3-5-11-29(26)31(27)21-24/h3-18,21-23H,19-20H2,1-2H3. The molecule has 0 bridgehead atoms. The number of benzene rings is 5. The van der Waals surface area contributed by atoms with E-state index in [2.05, 4.69) is 128 Å². The van der Waals surface area contributed by atoms with Gasteiger partial charge in [0.05, 0.1) is 11.0 Å². The Morgan fingerprint density at radius 1 is 0.611 bits per heavy atom. The van der Waals surface area contributed by atoms with Crippen molar-refractivity contribution in [3.05, 3.63) is 126 Å². The van der Waals surface area contributed by atoms with E-state index in [1.807, 2.05) is 0 Å². The van der Waals surface area contributed by atoms with Gasteiger partial charge in [-0.3, -0.25) is 0 Å². The summed E-state index contributed by atoms with van der Waals surface area (Å²) in [5, 5.41) is 2.61. The van der Waals surface area contributed by atoms with E-state index in [1.54, 1.807) is 0 Å². The Morgan fingerprint density at radius 2 is 1.31 bits per heavy atom. The van der Waals surface area contributed by atoms with Crippen LogP contribution in [0.2, 0.25) is 0 Å². The van der Waals surface area contributed by atoms with Crippen molar-refractivity contribution >= 4 is 21.8 Å². The first-order valence-electron chi connectivity index (χ1n) is 13.0. The lowest BCUT2D eigenvalue weighted by Crippen LogP contribution is -2.02. The number of nitrogens with zero attached hydrogens (tertiary/aromatic N) is 1. The predicted molar refractivity (Wildman–Crippen MR) is 153 cm³/mol. The van der Waals surface area contributed by atoms with Gasteiger partial charge in [0.25, 0.3) is 0 Å². The Kier molecular flexibility index (Phi) is 4.85. The first kappa shape index (κ1) is 21.2. The minimum absolute atomic E-state index is 0.607. The molecule has 1 aliphatic rings. The maximum absolute atomic E-state index is 2.46. The maximum Gasteiger partial charge on any atom is 0.0541 e. The summed E-state index contributed by atoms with van der Waals surface area (Å²) in [7, 11) is 0. The molecule has 7 rings (SSSR count). The molecule has 1 heteroatoms.